The number of nitrogens with one attached hydrogen (secondary N) is 1. The van der Waals surface area contributed by atoms with Crippen LogP contribution >= 0.6 is 0 Å². The Labute approximate surface area is 189 Å². The van der Waals surface area contributed by atoms with Gasteiger partial charge >= 0.3 is 12.4 Å². The molecule has 1 aliphatic heterocycles. The summed E-state index contributed by atoms with van der Waals surface area (Å²) >= 11 is 0. The lowest BCUT2D eigenvalue weighted by Crippen LogP contribution is -2.43. The summed E-state index contributed by atoms with van der Waals surface area (Å²) in [5, 5.41) is 3.28. The Bertz CT molecular complexity index is 860. The highest BCUT2D eigenvalue weighted by Crippen LogP contribution is 2.39. The van der Waals surface area contributed by atoms with Crippen molar-refractivity contribution in [3.8, 4) is 0 Å². The Hall–Kier alpha value is -2.10. The summed E-state index contributed by atoms with van der Waals surface area (Å²) in [4.78, 5) is 0. The third-order valence-electron chi connectivity index (χ3n) is 5.96. The van der Waals surface area contributed by atoms with E-state index in [1.165, 1.54) is 0 Å². The van der Waals surface area contributed by atoms with E-state index in [9.17, 15) is 26.3 Å². The summed E-state index contributed by atoms with van der Waals surface area (Å²) in [5.41, 5.74) is -2.30. The summed E-state index contributed by atoms with van der Waals surface area (Å²) in [6.07, 6.45) is -9.47. The fourth-order valence-electron chi connectivity index (χ4n) is 4.10. The van der Waals surface area contributed by atoms with Crippen LogP contribution in [0.3, 0.4) is 0 Å². The van der Waals surface area contributed by atoms with Crippen molar-refractivity contribution < 1.29 is 35.8 Å². The second kappa shape index (κ2) is 10.4. The summed E-state index contributed by atoms with van der Waals surface area (Å²) in [6, 6.07) is 11.2. The number of rotatable bonds is 8. The molecule has 1 fully saturated rings. The number of piperidine rings is 1. The first-order chi connectivity index (χ1) is 15.5. The van der Waals surface area contributed by atoms with Crippen LogP contribution in [0.2, 0.25) is 0 Å². The molecule has 3 rings (SSSR count). The minimum atomic E-state index is -4.92. The van der Waals surface area contributed by atoms with E-state index in [4.69, 9.17) is 9.47 Å². The fourth-order valence-corrected chi connectivity index (χ4v) is 4.10. The highest BCUT2D eigenvalue weighted by Gasteiger charge is 2.39. The average molecular weight is 475 g/mol. The molecule has 1 atom stereocenters. The van der Waals surface area contributed by atoms with Crippen molar-refractivity contribution in [1.29, 1.82) is 0 Å². The standard InChI is InChI=1S/C24H27F6NO2/c1-2-32-15-21(17-12-19(23(25,26)27)14-20(13-17)24(28,29)30)33-16-22(8-10-31-11-9-22)18-6-4-3-5-7-18/h3-7,12-14,21,31H,2,8-11,15-16H2,1H3. The number of ether oxygens (including phenoxy) is 2. The molecule has 9 heteroatoms. The molecule has 0 spiro atoms. The van der Waals surface area contributed by atoms with Crippen molar-refractivity contribution in [2.24, 2.45) is 0 Å². The first-order valence-electron chi connectivity index (χ1n) is 10.8. The van der Waals surface area contributed by atoms with Gasteiger partial charge in [-0.3, -0.25) is 0 Å². The quantitative estimate of drug-likeness (QED) is 0.466. The Kier molecular flexibility index (Phi) is 8.08. The Morgan fingerprint density at radius 3 is 2.00 bits per heavy atom. The highest BCUT2D eigenvalue weighted by molar-refractivity contribution is 5.35. The fraction of sp³-hybridized carbons (Fsp3) is 0.500. The Balaban J connectivity index is 1.95. The van der Waals surface area contributed by atoms with E-state index < -0.39 is 35.0 Å². The van der Waals surface area contributed by atoms with Gasteiger partial charge in [0.05, 0.1) is 24.3 Å². The maximum Gasteiger partial charge on any atom is 0.416 e. The number of hydrogen-bond donors (Lipinski definition) is 1. The molecule has 0 aromatic heterocycles. The van der Waals surface area contributed by atoms with Crippen molar-refractivity contribution >= 4 is 0 Å². The van der Waals surface area contributed by atoms with E-state index in [2.05, 4.69) is 5.32 Å². The van der Waals surface area contributed by atoms with Gasteiger partial charge in [-0.1, -0.05) is 30.3 Å². The predicted octanol–water partition coefficient (Wildman–Crippen LogP) is 6.14. The van der Waals surface area contributed by atoms with E-state index in [0.717, 1.165) is 43.6 Å². The smallest absolute Gasteiger partial charge is 0.379 e. The molecule has 0 amide bonds. The number of benzene rings is 2. The Morgan fingerprint density at radius 2 is 1.48 bits per heavy atom. The van der Waals surface area contributed by atoms with E-state index in [-0.39, 0.29) is 31.5 Å². The topological polar surface area (TPSA) is 30.5 Å². The van der Waals surface area contributed by atoms with Crippen molar-refractivity contribution in [1.82, 2.24) is 5.32 Å². The molecule has 2 aromatic rings. The van der Waals surface area contributed by atoms with Gasteiger partial charge in [-0.15, -0.1) is 0 Å². The van der Waals surface area contributed by atoms with Gasteiger partial charge in [0.25, 0.3) is 0 Å². The van der Waals surface area contributed by atoms with E-state index >= 15 is 0 Å². The largest absolute Gasteiger partial charge is 0.416 e. The third kappa shape index (κ3) is 6.49. The van der Waals surface area contributed by atoms with Crippen LogP contribution in [0, 0.1) is 0 Å². The normalized spacial score (nSPS) is 17.7. The molecule has 0 radical (unpaired) electrons. The molecule has 1 heterocycles. The number of hydrogen-bond acceptors (Lipinski definition) is 3. The van der Waals surface area contributed by atoms with Gasteiger partial charge in [0, 0.05) is 12.0 Å². The lowest BCUT2D eigenvalue weighted by atomic mass is 9.74. The molecule has 0 saturated carbocycles. The molecular weight excluding hydrogens is 448 g/mol. The van der Waals surface area contributed by atoms with Crippen molar-refractivity contribution in [2.75, 3.05) is 32.9 Å². The lowest BCUT2D eigenvalue weighted by molar-refractivity contribution is -0.143. The van der Waals surface area contributed by atoms with E-state index in [1.807, 2.05) is 30.3 Å². The zero-order valence-electron chi connectivity index (χ0n) is 18.2. The van der Waals surface area contributed by atoms with Gasteiger partial charge in [-0.2, -0.15) is 26.3 Å². The molecule has 182 valence electrons. The first-order valence-corrected chi connectivity index (χ1v) is 10.8. The van der Waals surface area contributed by atoms with Crippen LogP contribution in [0.25, 0.3) is 0 Å². The second-order valence-corrected chi connectivity index (χ2v) is 8.19. The summed E-state index contributed by atoms with van der Waals surface area (Å²) in [7, 11) is 0. The van der Waals surface area contributed by atoms with Crippen LogP contribution in [0.4, 0.5) is 26.3 Å². The van der Waals surface area contributed by atoms with Gasteiger partial charge in [0.1, 0.15) is 6.10 Å². The molecular formula is C24H27F6NO2. The van der Waals surface area contributed by atoms with E-state index in [0.29, 0.717) is 0 Å². The van der Waals surface area contributed by atoms with Crippen molar-refractivity contribution in [3.63, 3.8) is 0 Å². The van der Waals surface area contributed by atoms with E-state index in [1.54, 1.807) is 6.92 Å². The van der Waals surface area contributed by atoms with Crippen molar-refractivity contribution in [2.45, 2.75) is 43.6 Å². The SMILES string of the molecule is CCOCC(OCC1(c2ccccc2)CCNCC1)c1cc(C(F)(F)F)cc(C(F)(F)F)c1. The van der Waals surface area contributed by atoms with Gasteiger partial charge < -0.3 is 14.8 Å². The van der Waals surface area contributed by atoms with Crippen LogP contribution < -0.4 is 5.32 Å². The second-order valence-electron chi connectivity index (χ2n) is 8.19. The third-order valence-corrected chi connectivity index (χ3v) is 5.96. The molecule has 1 saturated heterocycles. The molecule has 0 aliphatic carbocycles. The summed E-state index contributed by atoms with van der Waals surface area (Å²) in [5.74, 6) is 0. The number of halogens is 6. The number of alkyl halides is 6. The molecule has 33 heavy (non-hydrogen) atoms. The average Bonchev–Trinajstić information content (AvgIpc) is 2.79. The van der Waals surface area contributed by atoms with Crippen LogP contribution in [0.1, 0.15) is 48.1 Å². The molecule has 3 nitrogen and oxygen atoms in total. The molecule has 0 bridgehead atoms. The minimum Gasteiger partial charge on any atom is -0.379 e. The maximum absolute atomic E-state index is 13.4. The first kappa shape index (κ1) is 25.5. The lowest BCUT2D eigenvalue weighted by Gasteiger charge is -2.39. The van der Waals surface area contributed by atoms with Gasteiger partial charge in [-0.05, 0) is 62.2 Å². The summed E-state index contributed by atoms with van der Waals surface area (Å²) in [6.45, 7) is 3.40. The van der Waals surface area contributed by atoms with Gasteiger partial charge in [0.2, 0.25) is 0 Å². The zero-order chi connectivity index (χ0) is 24.1. The molecule has 1 aliphatic rings. The molecule has 2 aromatic carbocycles. The highest BCUT2D eigenvalue weighted by atomic mass is 19.4. The maximum atomic E-state index is 13.4. The Morgan fingerprint density at radius 1 is 0.909 bits per heavy atom. The molecule has 1 unspecified atom stereocenters. The minimum absolute atomic E-state index is 0.125. The zero-order valence-corrected chi connectivity index (χ0v) is 18.2. The van der Waals surface area contributed by atoms with Gasteiger partial charge in [0.15, 0.2) is 0 Å². The van der Waals surface area contributed by atoms with Crippen LogP contribution in [0.15, 0.2) is 48.5 Å². The van der Waals surface area contributed by atoms with Gasteiger partial charge in [-0.25, -0.2) is 0 Å². The van der Waals surface area contributed by atoms with Crippen LogP contribution in [-0.4, -0.2) is 32.9 Å². The predicted molar refractivity (Wildman–Crippen MR) is 112 cm³/mol. The molecule has 1 N–H and O–H groups in total. The van der Waals surface area contributed by atoms with Crippen LogP contribution in [-0.2, 0) is 27.2 Å². The van der Waals surface area contributed by atoms with Crippen molar-refractivity contribution in [3.05, 3.63) is 70.8 Å². The summed E-state index contributed by atoms with van der Waals surface area (Å²) < 4.78 is 91.6. The van der Waals surface area contributed by atoms with Crippen LogP contribution in [0.5, 0.6) is 0 Å². The monoisotopic (exact) mass is 475 g/mol.